The number of H-pyrrole nitrogens is 1. The Morgan fingerprint density at radius 3 is 2.30 bits per heavy atom. The van der Waals surface area contributed by atoms with Gasteiger partial charge < -0.3 is 15.4 Å². The summed E-state index contributed by atoms with van der Waals surface area (Å²) in [6, 6.07) is 24.1. The zero-order valence-corrected chi connectivity index (χ0v) is 23.1. The number of nitriles is 1. The first-order chi connectivity index (χ1) is 20.6. The van der Waals surface area contributed by atoms with Crippen molar-refractivity contribution >= 4 is 34.5 Å². The summed E-state index contributed by atoms with van der Waals surface area (Å²) in [7, 11) is 0. The molecule has 214 valence electrons. The van der Waals surface area contributed by atoms with Gasteiger partial charge in [0.05, 0.1) is 33.9 Å². The van der Waals surface area contributed by atoms with E-state index in [0.29, 0.717) is 50.2 Å². The van der Waals surface area contributed by atoms with Crippen LogP contribution in [-0.4, -0.2) is 22.0 Å². The lowest BCUT2D eigenvalue weighted by molar-refractivity contribution is -0.137. The summed E-state index contributed by atoms with van der Waals surface area (Å²) in [6.45, 7) is 0. The second kappa shape index (κ2) is 10.7. The molecule has 5 aromatic rings. The molecule has 1 amide bonds. The van der Waals surface area contributed by atoms with Crippen LogP contribution in [0.25, 0.3) is 22.0 Å². The van der Waals surface area contributed by atoms with E-state index in [2.05, 4.69) is 16.4 Å². The number of nitrogens with zero attached hydrogens (tertiary/aromatic N) is 1. The monoisotopic (exact) mass is 597 g/mol. The molecule has 1 fully saturated rings. The number of aromatic amines is 1. The van der Waals surface area contributed by atoms with Crippen molar-refractivity contribution in [1.29, 1.82) is 5.26 Å². The number of benzene rings is 4. The molecule has 0 aliphatic heterocycles. The maximum atomic E-state index is 14.0. The smallest absolute Gasteiger partial charge is 0.416 e. The van der Waals surface area contributed by atoms with Crippen LogP contribution in [0.2, 0.25) is 0 Å². The standard InChI is InChI=1S/C33H22F3N3O3S/c34-33(35,36)24-8-10-25(11-9-24)43-28-18-38-27-16-22(21-3-1-2-19(14-21)17-37)15-26(29(27)28)30(40)39-32(12-13-32)23-6-4-20(5-7-23)31(41)42/h1-11,14-16,18,38H,12-13H2,(H,39,40)(H,41,42). The lowest BCUT2D eigenvalue weighted by Gasteiger charge is -2.19. The van der Waals surface area contributed by atoms with Crippen LogP contribution in [0, 0.1) is 11.3 Å². The fourth-order valence-corrected chi connectivity index (χ4v) is 6.06. The number of fused-ring (bicyclic) bond motifs is 1. The Labute approximate surface area is 248 Å². The van der Waals surface area contributed by atoms with Crippen molar-refractivity contribution in [2.45, 2.75) is 34.3 Å². The van der Waals surface area contributed by atoms with Crippen molar-refractivity contribution in [2.75, 3.05) is 0 Å². The van der Waals surface area contributed by atoms with Crippen LogP contribution >= 0.6 is 11.8 Å². The van der Waals surface area contributed by atoms with Gasteiger partial charge in [-0.15, -0.1) is 0 Å². The lowest BCUT2D eigenvalue weighted by Crippen LogP contribution is -2.35. The highest BCUT2D eigenvalue weighted by atomic mass is 32.2. The average Bonchev–Trinajstić information content (AvgIpc) is 3.68. The van der Waals surface area contributed by atoms with Gasteiger partial charge in [-0.2, -0.15) is 18.4 Å². The summed E-state index contributed by atoms with van der Waals surface area (Å²) < 4.78 is 39.3. The Morgan fingerprint density at radius 1 is 0.953 bits per heavy atom. The van der Waals surface area contributed by atoms with Gasteiger partial charge in [0.2, 0.25) is 0 Å². The first-order valence-corrected chi connectivity index (χ1v) is 14.1. The molecule has 1 aliphatic carbocycles. The molecule has 6 nitrogen and oxygen atoms in total. The zero-order chi connectivity index (χ0) is 30.4. The summed E-state index contributed by atoms with van der Waals surface area (Å²) in [4.78, 5) is 29.8. The number of aromatic carboxylic acids is 1. The van der Waals surface area contributed by atoms with E-state index in [1.807, 2.05) is 12.1 Å². The molecule has 4 aromatic carbocycles. The van der Waals surface area contributed by atoms with E-state index in [1.165, 1.54) is 36.0 Å². The first-order valence-electron chi connectivity index (χ1n) is 13.2. The molecule has 0 radical (unpaired) electrons. The van der Waals surface area contributed by atoms with Crippen LogP contribution in [0.15, 0.2) is 101 Å². The predicted octanol–water partition coefficient (Wildman–Crippen LogP) is 7.99. The molecule has 0 atom stereocenters. The van der Waals surface area contributed by atoms with Gasteiger partial charge in [-0.05, 0) is 90.2 Å². The number of carboxylic acid groups (broad SMARTS) is 1. The van der Waals surface area contributed by atoms with Crippen LogP contribution in [0.1, 0.15) is 50.2 Å². The van der Waals surface area contributed by atoms with E-state index in [-0.39, 0.29) is 11.5 Å². The molecular weight excluding hydrogens is 575 g/mol. The maximum absolute atomic E-state index is 14.0. The van der Waals surface area contributed by atoms with Crippen LogP contribution < -0.4 is 5.32 Å². The maximum Gasteiger partial charge on any atom is 0.416 e. The normalized spacial score (nSPS) is 13.8. The second-order valence-corrected chi connectivity index (χ2v) is 11.5. The molecule has 1 aromatic heterocycles. The number of rotatable bonds is 7. The van der Waals surface area contributed by atoms with Gasteiger partial charge in [-0.1, -0.05) is 36.0 Å². The average molecular weight is 598 g/mol. The van der Waals surface area contributed by atoms with E-state index in [0.717, 1.165) is 23.3 Å². The van der Waals surface area contributed by atoms with Crippen molar-refractivity contribution in [3.8, 4) is 17.2 Å². The third-order valence-corrected chi connectivity index (χ3v) is 8.56. The Hall–Kier alpha value is -5.01. The molecule has 1 saturated carbocycles. The summed E-state index contributed by atoms with van der Waals surface area (Å²) in [5.74, 6) is -1.39. The zero-order valence-electron chi connectivity index (χ0n) is 22.3. The first kappa shape index (κ1) is 28.1. The minimum absolute atomic E-state index is 0.150. The van der Waals surface area contributed by atoms with Crippen molar-refractivity contribution in [2.24, 2.45) is 0 Å². The minimum atomic E-state index is -4.44. The van der Waals surface area contributed by atoms with E-state index < -0.39 is 23.2 Å². The molecule has 10 heteroatoms. The SMILES string of the molecule is N#Cc1cccc(-c2cc(C(=O)NC3(c4ccc(C(=O)O)cc4)CC3)c3c(Sc4ccc(C(F)(F)F)cc4)c[nH]c3c2)c1. The second-order valence-electron chi connectivity index (χ2n) is 10.3. The number of carbonyl (C=O) groups is 2. The van der Waals surface area contributed by atoms with Gasteiger partial charge in [0.15, 0.2) is 0 Å². The van der Waals surface area contributed by atoms with E-state index in [1.54, 1.807) is 42.6 Å². The van der Waals surface area contributed by atoms with Crippen LogP contribution in [0.4, 0.5) is 13.2 Å². The Morgan fingerprint density at radius 2 is 1.67 bits per heavy atom. The highest BCUT2D eigenvalue weighted by Crippen LogP contribution is 2.46. The number of halogens is 3. The molecule has 6 rings (SSSR count). The van der Waals surface area contributed by atoms with Crippen molar-refractivity contribution in [1.82, 2.24) is 10.3 Å². The van der Waals surface area contributed by atoms with Gasteiger partial charge >= 0.3 is 12.1 Å². The Balaban J connectivity index is 1.40. The minimum Gasteiger partial charge on any atom is -0.478 e. The number of carbonyl (C=O) groups excluding carboxylic acids is 1. The lowest BCUT2D eigenvalue weighted by atomic mass is 9.97. The largest absolute Gasteiger partial charge is 0.478 e. The highest BCUT2D eigenvalue weighted by Gasteiger charge is 2.46. The van der Waals surface area contributed by atoms with Crippen molar-refractivity contribution in [3.05, 3.63) is 119 Å². The number of carboxylic acids is 1. The number of hydrogen-bond acceptors (Lipinski definition) is 4. The molecule has 0 unspecified atom stereocenters. The molecule has 0 bridgehead atoms. The fourth-order valence-electron chi connectivity index (χ4n) is 5.10. The van der Waals surface area contributed by atoms with Gasteiger partial charge in [0.1, 0.15) is 0 Å². The predicted molar refractivity (Wildman–Crippen MR) is 156 cm³/mol. The van der Waals surface area contributed by atoms with Gasteiger partial charge in [-0.25, -0.2) is 4.79 Å². The van der Waals surface area contributed by atoms with Gasteiger partial charge in [-0.3, -0.25) is 4.79 Å². The highest BCUT2D eigenvalue weighted by molar-refractivity contribution is 7.99. The molecule has 0 saturated heterocycles. The number of nitrogens with one attached hydrogen (secondary N) is 2. The van der Waals surface area contributed by atoms with E-state index >= 15 is 0 Å². The molecule has 3 N–H and O–H groups in total. The summed E-state index contributed by atoms with van der Waals surface area (Å²) in [5.41, 5.74) is 2.49. The van der Waals surface area contributed by atoms with Crippen LogP contribution in [0.5, 0.6) is 0 Å². The number of aromatic nitrogens is 1. The summed E-state index contributed by atoms with van der Waals surface area (Å²) in [5, 5.41) is 22.4. The van der Waals surface area contributed by atoms with Crippen molar-refractivity contribution in [3.63, 3.8) is 0 Å². The van der Waals surface area contributed by atoms with E-state index in [9.17, 15) is 33.1 Å². The third-order valence-electron chi connectivity index (χ3n) is 7.51. The number of hydrogen-bond donors (Lipinski definition) is 3. The number of amides is 1. The third kappa shape index (κ3) is 5.59. The van der Waals surface area contributed by atoms with Crippen molar-refractivity contribution < 1.29 is 27.9 Å². The molecule has 1 heterocycles. The molecular formula is C33H22F3N3O3S. The van der Waals surface area contributed by atoms with E-state index in [4.69, 9.17) is 0 Å². The van der Waals surface area contributed by atoms with Gasteiger partial charge in [0.25, 0.3) is 5.91 Å². The van der Waals surface area contributed by atoms with Crippen LogP contribution in [0.3, 0.4) is 0 Å². The Kier molecular flexibility index (Phi) is 6.98. The fraction of sp³-hybridized carbons (Fsp3) is 0.121. The number of alkyl halides is 3. The topological polar surface area (TPSA) is 106 Å². The molecule has 43 heavy (non-hydrogen) atoms. The molecule has 0 spiro atoms. The molecule has 1 aliphatic rings. The van der Waals surface area contributed by atoms with Crippen LogP contribution in [-0.2, 0) is 11.7 Å². The summed E-state index contributed by atoms with van der Waals surface area (Å²) >= 11 is 1.24. The summed E-state index contributed by atoms with van der Waals surface area (Å²) in [6.07, 6.45) is -1.37. The Bertz CT molecular complexity index is 1920. The quantitative estimate of drug-likeness (QED) is 0.176. The van der Waals surface area contributed by atoms with Gasteiger partial charge in [0, 0.05) is 26.9 Å².